The highest BCUT2D eigenvalue weighted by atomic mass is 16.4. The fourth-order valence-corrected chi connectivity index (χ4v) is 3.56. The molecule has 1 aromatic carbocycles. The van der Waals surface area contributed by atoms with Crippen LogP contribution in [0, 0.1) is 0 Å². The summed E-state index contributed by atoms with van der Waals surface area (Å²) in [6.07, 6.45) is 5.33. The lowest BCUT2D eigenvalue weighted by atomic mass is 10.0. The number of carbonyl (C=O) groups excluding carboxylic acids is 1. The van der Waals surface area contributed by atoms with Crippen LogP contribution in [-0.4, -0.2) is 39.3 Å². The molecule has 1 fully saturated rings. The van der Waals surface area contributed by atoms with Crippen LogP contribution in [0.3, 0.4) is 0 Å². The van der Waals surface area contributed by atoms with E-state index in [2.05, 4.69) is 22.0 Å². The van der Waals surface area contributed by atoms with Gasteiger partial charge in [0.1, 0.15) is 5.78 Å². The number of rotatable bonds is 8. The van der Waals surface area contributed by atoms with E-state index in [1.54, 1.807) is 6.07 Å². The number of benzene rings is 1. The molecule has 0 spiro atoms. The molecule has 1 saturated heterocycles. The highest BCUT2D eigenvalue weighted by Crippen LogP contribution is 2.22. The van der Waals surface area contributed by atoms with E-state index in [-0.39, 0.29) is 17.4 Å². The van der Waals surface area contributed by atoms with Gasteiger partial charge in [-0.1, -0.05) is 30.3 Å². The number of aryl methyl sites for hydroxylation is 1. The quantitative estimate of drug-likeness (QED) is 0.789. The minimum atomic E-state index is -0.952. The maximum absolute atomic E-state index is 12.7. The molecule has 26 heavy (non-hydrogen) atoms. The van der Waals surface area contributed by atoms with Gasteiger partial charge < -0.3 is 5.11 Å². The zero-order chi connectivity index (χ0) is 18.4. The summed E-state index contributed by atoms with van der Waals surface area (Å²) in [7, 11) is 0. The first-order valence-corrected chi connectivity index (χ1v) is 9.12. The van der Waals surface area contributed by atoms with Crippen molar-refractivity contribution in [2.75, 3.05) is 6.54 Å². The van der Waals surface area contributed by atoms with Crippen molar-refractivity contribution in [3.8, 4) is 0 Å². The third-order valence-electron chi connectivity index (χ3n) is 4.88. The third kappa shape index (κ3) is 4.76. The van der Waals surface area contributed by atoms with Gasteiger partial charge in [-0.2, -0.15) is 0 Å². The number of carbonyl (C=O) groups is 2. The zero-order valence-corrected chi connectivity index (χ0v) is 14.8. The second-order valence-electron chi connectivity index (χ2n) is 6.77. The van der Waals surface area contributed by atoms with Gasteiger partial charge in [0, 0.05) is 24.9 Å². The Hall–Kier alpha value is -2.53. The first-order chi connectivity index (χ1) is 12.6. The monoisotopic (exact) mass is 352 g/mol. The Kier molecular flexibility index (Phi) is 6.12. The van der Waals surface area contributed by atoms with E-state index in [1.807, 2.05) is 18.2 Å². The molecule has 2 heterocycles. The van der Waals surface area contributed by atoms with Crippen molar-refractivity contribution in [3.05, 3.63) is 65.5 Å². The smallest absolute Gasteiger partial charge is 0.335 e. The Balaban J connectivity index is 1.51. The van der Waals surface area contributed by atoms with Crippen LogP contribution in [0.1, 0.15) is 47.3 Å². The summed E-state index contributed by atoms with van der Waals surface area (Å²) in [5.41, 5.74) is 2.21. The first-order valence-electron chi connectivity index (χ1n) is 9.12. The Bertz CT molecular complexity index is 761. The van der Waals surface area contributed by atoms with Gasteiger partial charge in [0.2, 0.25) is 0 Å². The average molecular weight is 352 g/mol. The van der Waals surface area contributed by atoms with E-state index in [9.17, 15) is 9.59 Å². The van der Waals surface area contributed by atoms with E-state index in [0.717, 1.165) is 31.6 Å². The summed E-state index contributed by atoms with van der Waals surface area (Å²) in [5, 5.41) is 9.03. The van der Waals surface area contributed by atoms with Crippen molar-refractivity contribution in [2.45, 2.75) is 44.7 Å². The van der Waals surface area contributed by atoms with Crippen LogP contribution in [0.5, 0.6) is 0 Å². The first kappa shape index (κ1) is 18.3. The molecule has 1 aliphatic heterocycles. The normalized spacial score (nSPS) is 17.3. The second-order valence-corrected chi connectivity index (χ2v) is 6.77. The van der Waals surface area contributed by atoms with Gasteiger partial charge in [0.25, 0.3) is 0 Å². The number of carboxylic acid groups (broad SMARTS) is 1. The second kappa shape index (κ2) is 8.72. The van der Waals surface area contributed by atoms with Crippen LogP contribution < -0.4 is 0 Å². The Morgan fingerprint density at radius 2 is 2.00 bits per heavy atom. The highest BCUT2D eigenvalue weighted by Gasteiger charge is 2.29. The van der Waals surface area contributed by atoms with Gasteiger partial charge >= 0.3 is 5.97 Å². The number of hydrogen-bond donors (Lipinski definition) is 1. The fraction of sp³-hybridized carbons (Fsp3) is 0.381. The Labute approximate surface area is 153 Å². The standard InChI is InChI=1S/C21H24N2O3/c24-20(10-4-8-18-14-17(21(25)26)11-12-22-18)19-9-5-13-23(19)15-16-6-2-1-3-7-16/h1-3,6-7,11-12,14,19H,4-5,8-10,13,15H2,(H,25,26). The van der Waals surface area contributed by atoms with Crippen LogP contribution in [0.2, 0.25) is 0 Å². The third-order valence-corrected chi connectivity index (χ3v) is 4.88. The molecule has 1 unspecified atom stereocenters. The van der Waals surface area contributed by atoms with Gasteiger partial charge in [0.05, 0.1) is 11.6 Å². The number of hydrogen-bond acceptors (Lipinski definition) is 4. The highest BCUT2D eigenvalue weighted by molar-refractivity contribution is 5.87. The molecule has 1 aromatic heterocycles. The zero-order valence-electron chi connectivity index (χ0n) is 14.8. The van der Waals surface area contributed by atoms with Crippen LogP contribution in [-0.2, 0) is 17.8 Å². The molecule has 1 aliphatic rings. The molecule has 3 rings (SSSR count). The van der Waals surface area contributed by atoms with Crippen LogP contribution >= 0.6 is 0 Å². The van der Waals surface area contributed by atoms with Gasteiger partial charge in [-0.25, -0.2) is 4.79 Å². The van der Waals surface area contributed by atoms with E-state index in [1.165, 1.54) is 17.8 Å². The van der Waals surface area contributed by atoms with Crippen molar-refractivity contribution in [1.82, 2.24) is 9.88 Å². The maximum Gasteiger partial charge on any atom is 0.335 e. The molecule has 2 aromatic rings. The number of pyridine rings is 1. The molecule has 0 saturated carbocycles. The van der Waals surface area contributed by atoms with Gasteiger partial charge in [-0.05, 0) is 49.9 Å². The van der Waals surface area contributed by atoms with Crippen molar-refractivity contribution < 1.29 is 14.7 Å². The Morgan fingerprint density at radius 1 is 1.19 bits per heavy atom. The van der Waals surface area contributed by atoms with Gasteiger partial charge in [-0.3, -0.25) is 14.7 Å². The number of nitrogens with zero attached hydrogens (tertiary/aromatic N) is 2. The summed E-state index contributed by atoms with van der Waals surface area (Å²) in [6.45, 7) is 1.78. The number of aromatic carboxylic acids is 1. The van der Waals surface area contributed by atoms with Crippen LogP contribution in [0.4, 0.5) is 0 Å². The minimum Gasteiger partial charge on any atom is -0.478 e. The van der Waals surface area contributed by atoms with Crippen molar-refractivity contribution in [3.63, 3.8) is 0 Å². The van der Waals surface area contributed by atoms with Crippen LogP contribution in [0.25, 0.3) is 0 Å². The van der Waals surface area contributed by atoms with E-state index in [0.29, 0.717) is 19.3 Å². The largest absolute Gasteiger partial charge is 0.478 e. The topological polar surface area (TPSA) is 70.5 Å². The summed E-state index contributed by atoms with van der Waals surface area (Å²) in [5.74, 6) is -0.667. The molecule has 136 valence electrons. The summed E-state index contributed by atoms with van der Waals surface area (Å²) >= 11 is 0. The van der Waals surface area contributed by atoms with E-state index < -0.39 is 5.97 Å². The van der Waals surface area contributed by atoms with Crippen molar-refractivity contribution >= 4 is 11.8 Å². The van der Waals surface area contributed by atoms with Gasteiger partial charge in [-0.15, -0.1) is 0 Å². The fourth-order valence-electron chi connectivity index (χ4n) is 3.56. The lowest BCUT2D eigenvalue weighted by molar-refractivity contribution is -0.123. The predicted octanol–water partition coefficient (Wildman–Crippen LogP) is 3.34. The summed E-state index contributed by atoms with van der Waals surface area (Å²) in [4.78, 5) is 30.1. The van der Waals surface area contributed by atoms with E-state index in [4.69, 9.17) is 5.11 Å². The molecule has 1 atom stereocenters. The average Bonchev–Trinajstić information content (AvgIpc) is 3.11. The molecule has 0 radical (unpaired) electrons. The Morgan fingerprint density at radius 3 is 2.77 bits per heavy atom. The predicted molar refractivity (Wildman–Crippen MR) is 99.0 cm³/mol. The molecule has 5 nitrogen and oxygen atoms in total. The SMILES string of the molecule is O=C(O)c1ccnc(CCCC(=O)C2CCCN2Cc2ccccc2)c1. The lowest BCUT2D eigenvalue weighted by Crippen LogP contribution is -2.35. The number of aromatic nitrogens is 1. The maximum atomic E-state index is 12.7. The number of likely N-dealkylation sites (tertiary alicyclic amines) is 1. The van der Waals surface area contributed by atoms with Crippen LogP contribution in [0.15, 0.2) is 48.7 Å². The number of ketones is 1. The number of carboxylic acids is 1. The molecule has 1 N–H and O–H groups in total. The molecular weight excluding hydrogens is 328 g/mol. The summed E-state index contributed by atoms with van der Waals surface area (Å²) < 4.78 is 0. The van der Waals surface area contributed by atoms with Crippen molar-refractivity contribution in [1.29, 1.82) is 0 Å². The van der Waals surface area contributed by atoms with Gasteiger partial charge in [0.15, 0.2) is 0 Å². The molecule has 0 bridgehead atoms. The van der Waals surface area contributed by atoms with Crippen molar-refractivity contribution in [2.24, 2.45) is 0 Å². The van der Waals surface area contributed by atoms with E-state index >= 15 is 0 Å². The lowest BCUT2D eigenvalue weighted by Gasteiger charge is -2.23. The molecular formula is C21H24N2O3. The molecule has 0 aliphatic carbocycles. The molecule has 5 heteroatoms. The molecule has 0 amide bonds. The minimum absolute atomic E-state index is 0.00789. The summed E-state index contributed by atoms with van der Waals surface area (Å²) in [6, 6.07) is 13.3. The number of Topliss-reactive ketones (excluding diaryl/α,β-unsaturated/α-hetero) is 1.